The normalized spacial score (nSPS) is 25.6. The lowest BCUT2D eigenvalue weighted by molar-refractivity contribution is 0.0219. The Morgan fingerprint density at radius 2 is 2.31 bits per heavy atom. The summed E-state index contributed by atoms with van der Waals surface area (Å²) in [5, 5.41) is 0. The van der Waals surface area contributed by atoms with E-state index >= 15 is 0 Å². The molecule has 2 atom stereocenters. The summed E-state index contributed by atoms with van der Waals surface area (Å²) in [6, 6.07) is 0.188. The van der Waals surface area contributed by atoms with Crippen molar-refractivity contribution in [2.75, 3.05) is 33.8 Å². The number of nitrogens with two attached hydrogens (primary N) is 1. The minimum Gasteiger partial charge on any atom is -0.381 e. The first-order valence-electron chi connectivity index (χ1n) is 5.88. The number of nitrogens with zero attached hydrogens (tertiary/aromatic N) is 2. The summed E-state index contributed by atoms with van der Waals surface area (Å²) in [6.45, 7) is 3.93. The molecule has 0 radical (unpaired) electrons. The molecule has 5 heteroatoms. The van der Waals surface area contributed by atoms with E-state index < -0.39 is 0 Å². The van der Waals surface area contributed by atoms with Crippen molar-refractivity contribution >= 4 is 6.03 Å². The highest BCUT2D eigenvalue weighted by Gasteiger charge is 2.31. The monoisotopic (exact) mass is 229 g/mol. The van der Waals surface area contributed by atoms with Gasteiger partial charge in [0.2, 0.25) is 0 Å². The highest BCUT2D eigenvalue weighted by atomic mass is 16.5. The molecule has 5 nitrogen and oxygen atoms in total. The van der Waals surface area contributed by atoms with Crippen LogP contribution in [0.1, 0.15) is 19.8 Å². The Bertz CT molecular complexity index is 235. The van der Waals surface area contributed by atoms with Gasteiger partial charge in [0.15, 0.2) is 0 Å². The third-order valence-electron chi connectivity index (χ3n) is 3.32. The highest BCUT2D eigenvalue weighted by molar-refractivity contribution is 5.74. The molecule has 0 saturated carbocycles. The topological polar surface area (TPSA) is 58.8 Å². The summed E-state index contributed by atoms with van der Waals surface area (Å²) in [5.74, 6) is 0. The lowest BCUT2D eigenvalue weighted by Crippen LogP contribution is -2.54. The first kappa shape index (κ1) is 13.3. The molecule has 0 aromatic rings. The van der Waals surface area contributed by atoms with E-state index in [0.29, 0.717) is 6.54 Å². The standard InChI is InChI=1S/C11H23N3O2/c1-4-13(2)11(15)14-6-5-10(16-3)7-9(14)8-12/h9-10H,4-8,12H2,1-3H3. The van der Waals surface area contributed by atoms with E-state index in [1.54, 1.807) is 12.0 Å². The lowest BCUT2D eigenvalue weighted by Gasteiger charge is -2.40. The van der Waals surface area contributed by atoms with Gasteiger partial charge in [0.05, 0.1) is 6.10 Å². The molecule has 1 saturated heterocycles. The fourth-order valence-electron chi connectivity index (χ4n) is 2.06. The van der Waals surface area contributed by atoms with Crippen molar-refractivity contribution in [2.24, 2.45) is 5.73 Å². The summed E-state index contributed by atoms with van der Waals surface area (Å²) in [7, 11) is 3.53. The van der Waals surface area contributed by atoms with Crippen LogP contribution in [-0.4, -0.2) is 61.8 Å². The van der Waals surface area contributed by atoms with Gasteiger partial charge in [0.25, 0.3) is 0 Å². The van der Waals surface area contributed by atoms with Crippen molar-refractivity contribution in [3.05, 3.63) is 0 Å². The maximum Gasteiger partial charge on any atom is 0.320 e. The van der Waals surface area contributed by atoms with Gasteiger partial charge in [-0.25, -0.2) is 4.79 Å². The summed E-state index contributed by atoms with van der Waals surface area (Å²) < 4.78 is 5.33. The largest absolute Gasteiger partial charge is 0.381 e. The molecule has 1 rings (SSSR count). The first-order chi connectivity index (χ1) is 7.63. The SMILES string of the molecule is CCN(C)C(=O)N1CCC(OC)CC1CN. The smallest absolute Gasteiger partial charge is 0.320 e. The van der Waals surface area contributed by atoms with Crippen molar-refractivity contribution < 1.29 is 9.53 Å². The molecule has 2 unspecified atom stereocenters. The highest BCUT2D eigenvalue weighted by Crippen LogP contribution is 2.20. The van der Waals surface area contributed by atoms with Crippen LogP contribution in [-0.2, 0) is 4.74 Å². The van der Waals surface area contributed by atoms with E-state index in [-0.39, 0.29) is 18.2 Å². The second-order valence-electron chi connectivity index (χ2n) is 4.26. The van der Waals surface area contributed by atoms with Crippen molar-refractivity contribution in [1.29, 1.82) is 0 Å². The van der Waals surface area contributed by atoms with Crippen molar-refractivity contribution in [3.8, 4) is 0 Å². The van der Waals surface area contributed by atoms with E-state index in [9.17, 15) is 4.79 Å². The predicted octanol–water partition coefficient (Wildman–Crippen LogP) is 0.496. The number of hydrogen-bond acceptors (Lipinski definition) is 3. The number of ether oxygens (including phenoxy) is 1. The van der Waals surface area contributed by atoms with E-state index in [1.807, 2.05) is 18.9 Å². The third kappa shape index (κ3) is 2.86. The molecule has 0 aromatic heterocycles. The summed E-state index contributed by atoms with van der Waals surface area (Å²) >= 11 is 0. The number of urea groups is 1. The molecule has 2 N–H and O–H groups in total. The van der Waals surface area contributed by atoms with E-state index in [4.69, 9.17) is 10.5 Å². The van der Waals surface area contributed by atoms with Crippen LogP contribution in [0.2, 0.25) is 0 Å². The van der Waals surface area contributed by atoms with Crippen molar-refractivity contribution in [2.45, 2.75) is 31.9 Å². The van der Waals surface area contributed by atoms with Gasteiger partial charge in [-0.1, -0.05) is 0 Å². The molecule has 1 heterocycles. The first-order valence-corrected chi connectivity index (χ1v) is 5.88. The number of hydrogen-bond donors (Lipinski definition) is 1. The Labute approximate surface area is 97.5 Å². The molecule has 1 aliphatic rings. The van der Waals surface area contributed by atoms with Gasteiger partial charge >= 0.3 is 6.03 Å². The lowest BCUT2D eigenvalue weighted by atomic mass is 10.00. The zero-order chi connectivity index (χ0) is 12.1. The van der Waals surface area contributed by atoms with E-state index in [1.165, 1.54) is 0 Å². The Morgan fingerprint density at radius 3 is 2.81 bits per heavy atom. The molecule has 16 heavy (non-hydrogen) atoms. The zero-order valence-electron chi connectivity index (χ0n) is 10.5. The summed E-state index contributed by atoms with van der Waals surface area (Å²) in [4.78, 5) is 15.6. The maximum absolute atomic E-state index is 12.0. The summed E-state index contributed by atoms with van der Waals surface area (Å²) in [6.07, 6.45) is 1.98. The number of piperidine rings is 1. The number of likely N-dealkylation sites (tertiary alicyclic amines) is 1. The molecule has 0 aromatic carbocycles. The molecule has 94 valence electrons. The number of methoxy groups -OCH3 is 1. The van der Waals surface area contributed by atoms with Crippen molar-refractivity contribution in [3.63, 3.8) is 0 Å². The number of amides is 2. The average Bonchev–Trinajstić information content (AvgIpc) is 2.35. The number of carbonyl (C=O) groups excluding carboxylic acids is 1. The molecular weight excluding hydrogens is 206 g/mol. The van der Waals surface area contributed by atoms with Crippen LogP contribution in [0, 0.1) is 0 Å². The number of rotatable bonds is 3. The van der Waals surface area contributed by atoms with Gasteiger partial charge in [-0.3, -0.25) is 0 Å². The van der Waals surface area contributed by atoms with Crippen LogP contribution in [0.25, 0.3) is 0 Å². The Balaban J connectivity index is 2.62. The fourth-order valence-corrected chi connectivity index (χ4v) is 2.06. The third-order valence-corrected chi connectivity index (χ3v) is 3.32. The van der Waals surface area contributed by atoms with Crippen LogP contribution >= 0.6 is 0 Å². The average molecular weight is 229 g/mol. The number of carbonyl (C=O) groups is 1. The molecule has 1 aliphatic heterocycles. The maximum atomic E-state index is 12.0. The van der Waals surface area contributed by atoms with Crippen LogP contribution in [0.5, 0.6) is 0 Å². The Kier molecular flexibility index (Phi) is 5.02. The van der Waals surface area contributed by atoms with Gasteiger partial charge < -0.3 is 20.3 Å². The van der Waals surface area contributed by atoms with Gasteiger partial charge in [-0.05, 0) is 19.8 Å². The van der Waals surface area contributed by atoms with Crippen LogP contribution in [0.3, 0.4) is 0 Å². The summed E-state index contributed by atoms with van der Waals surface area (Å²) in [5.41, 5.74) is 5.72. The molecular formula is C11H23N3O2. The molecule has 0 spiro atoms. The Morgan fingerprint density at radius 1 is 1.62 bits per heavy atom. The zero-order valence-corrected chi connectivity index (χ0v) is 10.5. The predicted molar refractivity (Wildman–Crippen MR) is 63.3 cm³/mol. The van der Waals surface area contributed by atoms with Gasteiger partial charge in [0, 0.05) is 39.8 Å². The minimum absolute atomic E-state index is 0.0764. The molecule has 0 aliphatic carbocycles. The van der Waals surface area contributed by atoms with Gasteiger partial charge in [-0.15, -0.1) is 0 Å². The Hall–Kier alpha value is -0.810. The second-order valence-corrected chi connectivity index (χ2v) is 4.26. The van der Waals surface area contributed by atoms with Gasteiger partial charge in [-0.2, -0.15) is 0 Å². The molecule has 1 fully saturated rings. The van der Waals surface area contributed by atoms with Gasteiger partial charge in [0.1, 0.15) is 0 Å². The quantitative estimate of drug-likeness (QED) is 0.766. The van der Waals surface area contributed by atoms with Crippen LogP contribution in [0.4, 0.5) is 4.79 Å². The van der Waals surface area contributed by atoms with E-state index in [0.717, 1.165) is 25.9 Å². The fraction of sp³-hybridized carbons (Fsp3) is 0.909. The molecule has 0 bridgehead atoms. The van der Waals surface area contributed by atoms with Crippen molar-refractivity contribution in [1.82, 2.24) is 9.80 Å². The second kappa shape index (κ2) is 6.06. The minimum atomic E-state index is 0.0764. The van der Waals surface area contributed by atoms with Crippen LogP contribution in [0.15, 0.2) is 0 Å². The molecule has 2 amide bonds. The van der Waals surface area contributed by atoms with Crippen LogP contribution < -0.4 is 5.73 Å². The van der Waals surface area contributed by atoms with E-state index in [2.05, 4.69) is 0 Å².